The molecule has 4 heteroatoms. The second kappa shape index (κ2) is 6.38. The number of benzene rings is 2. The van der Waals surface area contributed by atoms with Crippen LogP contribution < -0.4 is 11.1 Å². The fourth-order valence-corrected chi connectivity index (χ4v) is 1.92. The highest BCUT2D eigenvalue weighted by atomic mass is 79.9. The van der Waals surface area contributed by atoms with Gasteiger partial charge in [-0.05, 0) is 36.2 Å². The van der Waals surface area contributed by atoms with Crippen molar-refractivity contribution in [1.29, 1.82) is 0 Å². The molecule has 2 aromatic rings. The Kier molecular flexibility index (Phi) is 4.58. The maximum Gasteiger partial charge on any atom is 0.193 e. The van der Waals surface area contributed by atoms with Gasteiger partial charge in [0.25, 0.3) is 0 Å². The number of aryl methyl sites for hydroxylation is 1. The number of nitrogens with two attached hydrogens (primary N) is 1. The number of aliphatic imine (C=N–C) groups is 1. The zero-order valence-electron chi connectivity index (χ0n) is 10.7. The van der Waals surface area contributed by atoms with E-state index in [0.29, 0.717) is 12.5 Å². The average molecular weight is 318 g/mol. The average Bonchev–Trinajstić information content (AvgIpc) is 2.42. The first-order chi connectivity index (χ1) is 9.15. The smallest absolute Gasteiger partial charge is 0.193 e. The van der Waals surface area contributed by atoms with Crippen LogP contribution in [-0.4, -0.2) is 5.96 Å². The van der Waals surface area contributed by atoms with E-state index in [1.54, 1.807) is 0 Å². The molecule has 0 bridgehead atoms. The van der Waals surface area contributed by atoms with Gasteiger partial charge >= 0.3 is 0 Å². The Labute approximate surface area is 121 Å². The van der Waals surface area contributed by atoms with Crippen LogP contribution in [-0.2, 0) is 6.54 Å². The van der Waals surface area contributed by atoms with Crippen LogP contribution in [0.3, 0.4) is 0 Å². The summed E-state index contributed by atoms with van der Waals surface area (Å²) in [6, 6.07) is 16.0. The summed E-state index contributed by atoms with van der Waals surface area (Å²) in [6.07, 6.45) is 0. The molecule has 0 saturated carbocycles. The van der Waals surface area contributed by atoms with Gasteiger partial charge in [0.05, 0.1) is 6.54 Å². The lowest BCUT2D eigenvalue weighted by Crippen LogP contribution is -2.22. The van der Waals surface area contributed by atoms with Crippen molar-refractivity contribution in [1.82, 2.24) is 0 Å². The van der Waals surface area contributed by atoms with Gasteiger partial charge in [0.15, 0.2) is 5.96 Å². The van der Waals surface area contributed by atoms with E-state index < -0.39 is 0 Å². The van der Waals surface area contributed by atoms with Crippen molar-refractivity contribution < 1.29 is 0 Å². The number of hydrogen-bond acceptors (Lipinski definition) is 1. The maximum atomic E-state index is 5.87. The molecule has 0 aliphatic heterocycles. The Hall–Kier alpha value is -1.81. The fourth-order valence-electron chi connectivity index (χ4n) is 1.67. The Balaban J connectivity index is 2.00. The van der Waals surface area contributed by atoms with E-state index in [1.807, 2.05) is 55.5 Å². The van der Waals surface area contributed by atoms with Gasteiger partial charge in [0.2, 0.25) is 0 Å². The fraction of sp³-hybridized carbons (Fsp3) is 0.133. The second-order valence-electron chi connectivity index (χ2n) is 4.28. The van der Waals surface area contributed by atoms with Gasteiger partial charge in [-0.15, -0.1) is 0 Å². The van der Waals surface area contributed by atoms with E-state index in [0.717, 1.165) is 21.3 Å². The van der Waals surface area contributed by atoms with Crippen molar-refractivity contribution in [3.05, 3.63) is 64.1 Å². The van der Waals surface area contributed by atoms with E-state index in [-0.39, 0.29) is 0 Å². The summed E-state index contributed by atoms with van der Waals surface area (Å²) in [4.78, 5) is 4.31. The monoisotopic (exact) mass is 317 g/mol. The Morgan fingerprint density at radius 3 is 2.63 bits per heavy atom. The van der Waals surface area contributed by atoms with Crippen molar-refractivity contribution in [3.63, 3.8) is 0 Å². The van der Waals surface area contributed by atoms with Gasteiger partial charge in [-0.2, -0.15) is 0 Å². The third-order valence-corrected chi connectivity index (χ3v) is 3.59. The molecule has 98 valence electrons. The van der Waals surface area contributed by atoms with E-state index in [1.165, 1.54) is 0 Å². The normalized spacial score (nSPS) is 11.4. The molecule has 2 aromatic carbocycles. The van der Waals surface area contributed by atoms with Crippen LogP contribution >= 0.6 is 15.9 Å². The molecule has 0 aliphatic rings. The van der Waals surface area contributed by atoms with Crippen molar-refractivity contribution in [3.8, 4) is 0 Å². The third kappa shape index (κ3) is 4.10. The van der Waals surface area contributed by atoms with E-state index in [4.69, 9.17) is 5.73 Å². The molecule has 0 amide bonds. The molecule has 0 atom stereocenters. The highest BCUT2D eigenvalue weighted by Gasteiger charge is 1.98. The molecule has 0 saturated heterocycles. The maximum absolute atomic E-state index is 5.87. The number of anilines is 1. The highest BCUT2D eigenvalue weighted by molar-refractivity contribution is 9.10. The van der Waals surface area contributed by atoms with Crippen LogP contribution in [0.2, 0.25) is 0 Å². The molecule has 0 unspecified atom stereocenters. The lowest BCUT2D eigenvalue weighted by Gasteiger charge is -2.07. The van der Waals surface area contributed by atoms with Gasteiger partial charge in [0.1, 0.15) is 0 Å². The quantitative estimate of drug-likeness (QED) is 0.670. The summed E-state index contributed by atoms with van der Waals surface area (Å²) in [5.41, 5.74) is 9.10. The lowest BCUT2D eigenvalue weighted by molar-refractivity contribution is 1.06. The van der Waals surface area contributed by atoms with Gasteiger partial charge in [0, 0.05) is 10.2 Å². The number of hydrogen-bond donors (Lipinski definition) is 2. The number of rotatable bonds is 3. The van der Waals surface area contributed by atoms with Gasteiger partial charge < -0.3 is 11.1 Å². The summed E-state index contributed by atoms with van der Waals surface area (Å²) >= 11 is 3.47. The molecule has 0 heterocycles. The van der Waals surface area contributed by atoms with Crippen LogP contribution in [0.25, 0.3) is 0 Å². The van der Waals surface area contributed by atoms with Gasteiger partial charge in [-0.25, -0.2) is 4.99 Å². The molecule has 0 fully saturated rings. The van der Waals surface area contributed by atoms with Crippen molar-refractivity contribution in [2.75, 3.05) is 5.32 Å². The zero-order chi connectivity index (χ0) is 13.7. The lowest BCUT2D eigenvalue weighted by atomic mass is 10.2. The first-order valence-electron chi connectivity index (χ1n) is 6.02. The first kappa shape index (κ1) is 13.6. The van der Waals surface area contributed by atoms with Crippen molar-refractivity contribution in [2.24, 2.45) is 10.7 Å². The third-order valence-electron chi connectivity index (χ3n) is 2.71. The van der Waals surface area contributed by atoms with Crippen LogP contribution in [0.15, 0.2) is 58.0 Å². The Bertz CT molecular complexity index is 579. The molecule has 3 nitrogen and oxygen atoms in total. The molecule has 0 aromatic heterocycles. The number of halogens is 1. The molecular formula is C15H16BrN3. The topological polar surface area (TPSA) is 50.4 Å². The molecule has 3 N–H and O–H groups in total. The minimum atomic E-state index is 0.422. The van der Waals surface area contributed by atoms with Crippen LogP contribution in [0.1, 0.15) is 11.1 Å². The molecule has 2 rings (SSSR count). The standard InChI is InChI=1S/C15H16BrN3/c1-11-9-13(7-8-14(11)16)19-15(17)18-10-12-5-3-2-4-6-12/h2-9H,10H2,1H3,(H3,17,18,19). The summed E-state index contributed by atoms with van der Waals surface area (Å²) in [7, 11) is 0. The largest absolute Gasteiger partial charge is 0.370 e. The number of nitrogens with zero attached hydrogens (tertiary/aromatic N) is 1. The SMILES string of the molecule is Cc1cc(NC(N)=NCc2ccccc2)ccc1Br. The van der Waals surface area contributed by atoms with Gasteiger partial charge in [-0.3, -0.25) is 0 Å². The predicted octanol–water partition coefficient (Wildman–Crippen LogP) is 3.68. The van der Waals surface area contributed by atoms with Crippen LogP contribution in [0, 0.1) is 6.92 Å². The second-order valence-corrected chi connectivity index (χ2v) is 5.13. The minimum absolute atomic E-state index is 0.422. The zero-order valence-corrected chi connectivity index (χ0v) is 12.3. The predicted molar refractivity (Wildman–Crippen MR) is 84.3 cm³/mol. The number of nitrogens with one attached hydrogen (secondary N) is 1. The van der Waals surface area contributed by atoms with Crippen molar-refractivity contribution in [2.45, 2.75) is 13.5 Å². The molecule has 0 radical (unpaired) electrons. The van der Waals surface area contributed by atoms with E-state index >= 15 is 0 Å². The first-order valence-corrected chi connectivity index (χ1v) is 6.81. The summed E-state index contributed by atoms with van der Waals surface area (Å²) < 4.78 is 1.08. The van der Waals surface area contributed by atoms with Crippen molar-refractivity contribution >= 4 is 27.6 Å². The van der Waals surface area contributed by atoms with Crippen LogP contribution in [0.5, 0.6) is 0 Å². The minimum Gasteiger partial charge on any atom is -0.370 e. The van der Waals surface area contributed by atoms with E-state index in [9.17, 15) is 0 Å². The number of guanidine groups is 1. The molecule has 0 spiro atoms. The highest BCUT2D eigenvalue weighted by Crippen LogP contribution is 2.19. The Morgan fingerprint density at radius 1 is 1.21 bits per heavy atom. The van der Waals surface area contributed by atoms with Crippen LogP contribution in [0.4, 0.5) is 5.69 Å². The molecular weight excluding hydrogens is 302 g/mol. The van der Waals surface area contributed by atoms with Gasteiger partial charge in [-0.1, -0.05) is 46.3 Å². The molecule has 19 heavy (non-hydrogen) atoms. The summed E-state index contributed by atoms with van der Waals surface area (Å²) in [6.45, 7) is 2.61. The molecule has 0 aliphatic carbocycles. The summed E-state index contributed by atoms with van der Waals surface area (Å²) in [5.74, 6) is 0.422. The summed E-state index contributed by atoms with van der Waals surface area (Å²) in [5, 5.41) is 3.09. The Morgan fingerprint density at radius 2 is 1.95 bits per heavy atom. The van der Waals surface area contributed by atoms with E-state index in [2.05, 4.69) is 26.2 Å².